The van der Waals surface area contributed by atoms with Crippen molar-refractivity contribution in [1.82, 2.24) is 15.5 Å². The maximum absolute atomic E-state index is 12.0. The minimum Gasteiger partial charge on any atom is -0.489 e. The Labute approximate surface area is 146 Å². The Morgan fingerprint density at radius 3 is 2.56 bits per heavy atom. The van der Waals surface area contributed by atoms with E-state index in [9.17, 15) is 4.79 Å². The second-order valence-corrected chi connectivity index (χ2v) is 6.47. The average Bonchev–Trinajstić information content (AvgIpc) is 3.05. The number of aromatic nitrogens is 2. The van der Waals surface area contributed by atoms with Crippen molar-refractivity contribution >= 4 is 5.91 Å². The Balaban J connectivity index is 2.04. The summed E-state index contributed by atoms with van der Waals surface area (Å²) in [6, 6.07) is 7.06. The molecule has 0 saturated carbocycles. The van der Waals surface area contributed by atoms with Crippen molar-refractivity contribution in [3.63, 3.8) is 0 Å². The minimum absolute atomic E-state index is 0.00841. The van der Waals surface area contributed by atoms with Crippen molar-refractivity contribution in [1.29, 1.82) is 0 Å². The summed E-state index contributed by atoms with van der Waals surface area (Å²) >= 11 is 0. The van der Waals surface area contributed by atoms with Gasteiger partial charge in [-0.3, -0.25) is 4.79 Å². The Morgan fingerprint density at radius 1 is 1.32 bits per heavy atom. The van der Waals surface area contributed by atoms with E-state index in [4.69, 9.17) is 20.7 Å². The number of nitrogens with two attached hydrogens (primary N) is 2. The first-order valence-electron chi connectivity index (χ1n) is 7.81. The molecule has 8 nitrogen and oxygen atoms in total. The molecule has 0 aliphatic rings. The van der Waals surface area contributed by atoms with Gasteiger partial charge < -0.3 is 26.0 Å². The lowest BCUT2D eigenvalue weighted by Crippen LogP contribution is -2.41. The fraction of sp³-hybridized carbons (Fsp3) is 0.353. The summed E-state index contributed by atoms with van der Waals surface area (Å²) in [5, 5.41) is 6.49. The van der Waals surface area contributed by atoms with E-state index < -0.39 is 0 Å². The van der Waals surface area contributed by atoms with Crippen LogP contribution < -0.4 is 21.5 Å². The lowest BCUT2D eigenvalue weighted by atomic mass is 10.1. The quantitative estimate of drug-likeness (QED) is 0.722. The first-order valence-corrected chi connectivity index (χ1v) is 7.81. The monoisotopic (exact) mass is 345 g/mol. The molecular formula is C17H23N5O3. The molecule has 0 radical (unpaired) electrons. The number of rotatable bonds is 6. The maximum Gasteiger partial charge on any atom is 0.293 e. The molecule has 0 atom stereocenters. The number of benzene rings is 1. The third-order valence-electron chi connectivity index (χ3n) is 3.14. The molecular weight excluding hydrogens is 322 g/mol. The second-order valence-electron chi connectivity index (χ2n) is 6.47. The largest absolute Gasteiger partial charge is 0.489 e. The Kier molecular flexibility index (Phi) is 5.76. The highest BCUT2D eigenvalue weighted by Crippen LogP contribution is 2.21. The van der Waals surface area contributed by atoms with Crippen LogP contribution in [0.3, 0.4) is 0 Å². The normalized spacial score (nSPS) is 12.1. The van der Waals surface area contributed by atoms with Gasteiger partial charge in [-0.1, -0.05) is 5.16 Å². The molecule has 134 valence electrons. The van der Waals surface area contributed by atoms with Gasteiger partial charge >= 0.3 is 0 Å². The molecule has 1 aromatic heterocycles. The van der Waals surface area contributed by atoms with Gasteiger partial charge in [-0.15, -0.1) is 0 Å². The third-order valence-corrected chi connectivity index (χ3v) is 3.14. The van der Waals surface area contributed by atoms with E-state index in [2.05, 4.69) is 15.5 Å². The zero-order chi connectivity index (χ0) is 18.4. The average molecular weight is 345 g/mol. The molecule has 0 fully saturated rings. The molecule has 0 spiro atoms. The smallest absolute Gasteiger partial charge is 0.293 e. The van der Waals surface area contributed by atoms with Gasteiger partial charge in [0.1, 0.15) is 12.4 Å². The standard InChI is InChI=1S/C17H23N5O3/c1-17(2,3)21-15(23)14-20-16(25-22-14)12-4-6-13(7-5-12)24-10-11(8-18)9-19/h4-8H,9-10,18-19H2,1-3H3,(H,21,23)/b11-8+. The van der Waals surface area contributed by atoms with Gasteiger partial charge in [-0.25, -0.2) is 0 Å². The Hall–Kier alpha value is -2.87. The van der Waals surface area contributed by atoms with E-state index in [1.165, 1.54) is 6.20 Å². The van der Waals surface area contributed by atoms with Crippen molar-refractivity contribution in [2.75, 3.05) is 13.2 Å². The van der Waals surface area contributed by atoms with E-state index in [0.717, 1.165) is 5.57 Å². The van der Waals surface area contributed by atoms with Gasteiger partial charge in [0.05, 0.1) is 0 Å². The van der Waals surface area contributed by atoms with Crippen molar-refractivity contribution in [3.05, 3.63) is 41.9 Å². The van der Waals surface area contributed by atoms with Crippen LogP contribution in [0.15, 0.2) is 40.6 Å². The second kappa shape index (κ2) is 7.80. The zero-order valence-corrected chi connectivity index (χ0v) is 14.6. The van der Waals surface area contributed by atoms with Crippen LogP contribution in [0.4, 0.5) is 0 Å². The van der Waals surface area contributed by atoms with E-state index in [1.54, 1.807) is 24.3 Å². The van der Waals surface area contributed by atoms with Crippen LogP contribution in [0.5, 0.6) is 5.75 Å². The lowest BCUT2D eigenvalue weighted by molar-refractivity contribution is 0.0906. The predicted octanol–water partition coefficient (Wildman–Crippen LogP) is 1.44. The number of hydrogen-bond acceptors (Lipinski definition) is 7. The maximum atomic E-state index is 12.0. The number of carbonyl (C=O) groups excluding carboxylic acids is 1. The number of hydrogen-bond donors (Lipinski definition) is 3. The molecule has 5 N–H and O–H groups in total. The number of amides is 1. The van der Waals surface area contributed by atoms with Gasteiger partial charge in [-0.05, 0) is 56.8 Å². The van der Waals surface area contributed by atoms with Gasteiger partial charge in [0.25, 0.3) is 17.6 Å². The number of nitrogens with one attached hydrogen (secondary N) is 1. The molecule has 0 aliphatic carbocycles. The number of nitrogens with zero attached hydrogens (tertiary/aromatic N) is 2. The minimum atomic E-state index is -0.384. The summed E-state index contributed by atoms with van der Waals surface area (Å²) in [7, 11) is 0. The van der Waals surface area contributed by atoms with E-state index >= 15 is 0 Å². The molecule has 0 saturated heterocycles. The predicted molar refractivity (Wildman–Crippen MR) is 93.8 cm³/mol. The molecule has 0 aliphatic heterocycles. The molecule has 8 heteroatoms. The van der Waals surface area contributed by atoms with E-state index in [1.807, 2.05) is 20.8 Å². The fourth-order valence-electron chi connectivity index (χ4n) is 1.87. The molecule has 0 bridgehead atoms. The molecule has 1 aromatic carbocycles. The molecule has 0 unspecified atom stereocenters. The summed E-state index contributed by atoms with van der Waals surface area (Å²) in [6.07, 6.45) is 1.44. The SMILES string of the molecule is CC(C)(C)NC(=O)c1noc(-c2ccc(OC/C(=C/N)CN)cc2)n1. The lowest BCUT2D eigenvalue weighted by Gasteiger charge is -2.18. The Bertz CT molecular complexity index is 744. The van der Waals surface area contributed by atoms with Crippen LogP contribution >= 0.6 is 0 Å². The van der Waals surface area contributed by atoms with Gasteiger partial charge in [0.2, 0.25) is 0 Å². The van der Waals surface area contributed by atoms with Crippen molar-refractivity contribution in [2.24, 2.45) is 11.5 Å². The van der Waals surface area contributed by atoms with Gasteiger partial charge in [0.15, 0.2) is 0 Å². The zero-order valence-electron chi connectivity index (χ0n) is 14.6. The molecule has 1 amide bonds. The number of carbonyl (C=O) groups is 1. The van der Waals surface area contributed by atoms with Crippen LogP contribution in [-0.4, -0.2) is 34.7 Å². The van der Waals surface area contributed by atoms with Crippen molar-refractivity contribution in [2.45, 2.75) is 26.3 Å². The van der Waals surface area contributed by atoms with Crippen LogP contribution in [0.2, 0.25) is 0 Å². The van der Waals surface area contributed by atoms with E-state index in [-0.39, 0.29) is 23.2 Å². The summed E-state index contributed by atoms with van der Waals surface area (Å²) in [4.78, 5) is 16.1. The van der Waals surface area contributed by atoms with Crippen molar-refractivity contribution < 1.29 is 14.1 Å². The highest BCUT2D eigenvalue weighted by molar-refractivity contribution is 5.91. The first-order chi connectivity index (χ1) is 11.8. The fourth-order valence-corrected chi connectivity index (χ4v) is 1.87. The summed E-state index contributed by atoms with van der Waals surface area (Å²) in [5.41, 5.74) is 12.1. The molecule has 1 heterocycles. The summed E-state index contributed by atoms with van der Waals surface area (Å²) in [5.74, 6) is 0.521. The van der Waals surface area contributed by atoms with Crippen LogP contribution in [0, 0.1) is 0 Å². The van der Waals surface area contributed by atoms with Crippen LogP contribution in [0.25, 0.3) is 11.5 Å². The molecule has 25 heavy (non-hydrogen) atoms. The number of ether oxygens (including phenoxy) is 1. The third kappa shape index (κ3) is 5.32. The first kappa shape index (κ1) is 18.5. The topological polar surface area (TPSA) is 129 Å². The summed E-state index contributed by atoms with van der Waals surface area (Å²) in [6.45, 7) is 6.29. The highest BCUT2D eigenvalue weighted by atomic mass is 16.5. The molecule has 2 rings (SSSR count). The van der Waals surface area contributed by atoms with E-state index in [0.29, 0.717) is 24.5 Å². The van der Waals surface area contributed by atoms with Crippen molar-refractivity contribution in [3.8, 4) is 17.2 Å². The van der Waals surface area contributed by atoms with Crippen LogP contribution in [0.1, 0.15) is 31.4 Å². The van der Waals surface area contributed by atoms with Gasteiger partial charge in [-0.2, -0.15) is 4.98 Å². The summed E-state index contributed by atoms with van der Waals surface area (Å²) < 4.78 is 10.7. The molecule has 2 aromatic rings. The highest BCUT2D eigenvalue weighted by Gasteiger charge is 2.20. The van der Waals surface area contributed by atoms with Gasteiger partial charge in [0, 0.05) is 17.6 Å². The van der Waals surface area contributed by atoms with Crippen LogP contribution in [-0.2, 0) is 0 Å². The Morgan fingerprint density at radius 2 is 2.00 bits per heavy atom.